The lowest BCUT2D eigenvalue weighted by atomic mass is 10.1. The van der Waals surface area contributed by atoms with Gasteiger partial charge in [0, 0.05) is 17.3 Å². The molecule has 0 spiro atoms. The van der Waals surface area contributed by atoms with Gasteiger partial charge in [-0.2, -0.15) is 5.10 Å². The molecule has 0 saturated heterocycles. The molecule has 0 amide bonds. The molecule has 124 valence electrons. The third-order valence-corrected chi connectivity index (χ3v) is 3.71. The molecule has 0 unspecified atom stereocenters. The van der Waals surface area contributed by atoms with E-state index < -0.39 is 11.6 Å². The van der Waals surface area contributed by atoms with Crippen molar-refractivity contribution >= 4 is 22.5 Å². The van der Waals surface area contributed by atoms with Crippen molar-refractivity contribution in [2.45, 2.75) is 6.92 Å². The number of nitrogens with one attached hydrogen (secondary N) is 2. The molecule has 5 nitrogen and oxygen atoms in total. The summed E-state index contributed by atoms with van der Waals surface area (Å²) < 4.78 is 27.9. The minimum atomic E-state index is -0.446. The maximum absolute atomic E-state index is 14.3. The highest BCUT2D eigenvalue weighted by Gasteiger charge is 2.14. The highest BCUT2D eigenvalue weighted by molar-refractivity contribution is 5.92. The second kappa shape index (κ2) is 5.94. The summed E-state index contributed by atoms with van der Waals surface area (Å²) in [5.41, 5.74) is 1.78. The standard InChI is InChI=1S/C18H13F2N5/c1-10-8-15(25-24-10)22-18-16-13(20)6-3-7-14(16)21-17(23-18)11-4-2-5-12(19)9-11/h2-9H,1H3,(H2,21,22,23,24,25). The number of aryl methyl sites for hydroxylation is 1. The van der Waals surface area contributed by atoms with Gasteiger partial charge in [0.2, 0.25) is 0 Å². The molecule has 25 heavy (non-hydrogen) atoms. The second-order valence-corrected chi connectivity index (χ2v) is 5.60. The van der Waals surface area contributed by atoms with Crippen molar-refractivity contribution < 1.29 is 8.78 Å². The van der Waals surface area contributed by atoms with Crippen LogP contribution in [0.15, 0.2) is 48.5 Å². The van der Waals surface area contributed by atoms with Gasteiger partial charge in [0.05, 0.1) is 10.9 Å². The van der Waals surface area contributed by atoms with E-state index in [9.17, 15) is 8.78 Å². The maximum atomic E-state index is 14.3. The first-order valence-electron chi connectivity index (χ1n) is 7.61. The molecule has 4 rings (SSSR count). The first kappa shape index (κ1) is 15.2. The topological polar surface area (TPSA) is 66.5 Å². The van der Waals surface area contributed by atoms with Gasteiger partial charge in [-0.3, -0.25) is 5.10 Å². The number of nitrogens with zero attached hydrogens (tertiary/aromatic N) is 3. The van der Waals surface area contributed by atoms with Gasteiger partial charge in [0.15, 0.2) is 11.6 Å². The quantitative estimate of drug-likeness (QED) is 0.583. The van der Waals surface area contributed by atoms with E-state index in [1.807, 2.05) is 6.92 Å². The number of rotatable bonds is 3. The van der Waals surface area contributed by atoms with Crippen molar-refractivity contribution in [2.24, 2.45) is 0 Å². The Balaban J connectivity index is 1.91. The first-order chi connectivity index (χ1) is 12.1. The van der Waals surface area contributed by atoms with E-state index >= 15 is 0 Å². The Bertz CT molecular complexity index is 1070. The zero-order chi connectivity index (χ0) is 17.4. The minimum absolute atomic E-state index is 0.253. The Kier molecular flexibility index (Phi) is 3.61. The lowest BCUT2D eigenvalue weighted by Crippen LogP contribution is -2.01. The molecular weight excluding hydrogens is 324 g/mol. The number of hydrogen-bond donors (Lipinski definition) is 2. The van der Waals surface area contributed by atoms with Crippen molar-refractivity contribution in [2.75, 3.05) is 5.32 Å². The van der Waals surface area contributed by atoms with Crippen LogP contribution in [0.2, 0.25) is 0 Å². The summed E-state index contributed by atoms with van der Waals surface area (Å²) >= 11 is 0. The Hall–Kier alpha value is -3.35. The van der Waals surface area contributed by atoms with Crippen LogP contribution in [-0.2, 0) is 0 Å². The summed E-state index contributed by atoms with van der Waals surface area (Å²) in [6, 6.07) is 12.3. The van der Waals surface area contributed by atoms with E-state index in [4.69, 9.17) is 0 Å². The van der Waals surface area contributed by atoms with Crippen LogP contribution in [0.1, 0.15) is 5.69 Å². The minimum Gasteiger partial charge on any atom is -0.323 e. The van der Waals surface area contributed by atoms with Crippen LogP contribution in [0.25, 0.3) is 22.3 Å². The average Bonchev–Trinajstić information content (AvgIpc) is 2.99. The van der Waals surface area contributed by atoms with Crippen LogP contribution >= 0.6 is 0 Å². The highest BCUT2D eigenvalue weighted by Crippen LogP contribution is 2.29. The Morgan fingerprint density at radius 2 is 1.84 bits per heavy atom. The largest absolute Gasteiger partial charge is 0.323 e. The number of fused-ring (bicyclic) bond motifs is 1. The van der Waals surface area contributed by atoms with Crippen molar-refractivity contribution in [1.82, 2.24) is 20.2 Å². The Labute approximate surface area is 141 Å². The molecular formula is C18H13F2N5. The summed E-state index contributed by atoms with van der Waals surface area (Å²) in [7, 11) is 0. The molecule has 0 fully saturated rings. The number of aromatic amines is 1. The average molecular weight is 337 g/mol. The fourth-order valence-electron chi connectivity index (χ4n) is 2.59. The van der Waals surface area contributed by atoms with Gasteiger partial charge in [0.1, 0.15) is 17.5 Å². The SMILES string of the molecule is Cc1cc(Nc2nc(-c3cccc(F)c3)nc3cccc(F)c23)n[nH]1. The summed E-state index contributed by atoms with van der Waals surface area (Å²) in [6.45, 7) is 1.86. The van der Waals surface area contributed by atoms with E-state index in [1.165, 1.54) is 18.2 Å². The van der Waals surface area contributed by atoms with E-state index in [1.54, 1.807) is 30.3 Å². The van der Waals surface area contributed by atoms with Gasteiger partial charge in [-0.25, -0.2) is 18.7 Å². The predicted octanol–water partition coefficient (Wildman–Crippen LogP) is 4.35. The van der Waals surface area contributed by atoms with Crippen LogP contribution in [0, 0.1) is 18.6 Å². The van der Waals surface area contributed by atoms with Crippen LogP contribution in [0.3, 0.4) is 0 Å². The van der Waals surface area contributed by atoms with Gasteiger partial charge in [-0.15, -0.1) is 0 Å². The number of halogens is 2. The van der Waals surface area contributed by atoms with Gasteiger partial charge in [-0.1, -0.05) is 18.2 Å². The third kappa shape index (κ3) is 2.91. The monoisotopic (exact) mass is 337 g/mol. The molecule has 4 aromatic rings. The molecule has 0 atom stereocenters. The second-order valence-electron chi connectivity index (χ2n) is 5.60. The first-order valence-corrected chi connectivity index (χ1v) is 7.61. The fourth-order valence-corrected chi connectivity index (χ4v) is 2.59. The molecule has 0 aliphatic heterocycles. The predicted molar refractivity (Wildman–Crippen MR) is 91.5 cm³/mol. The van der Waals surface area contributed by atoms with Crippen LogP contribution in [-0.4, -0.2) is 20.2 Å². The smallest absolute Gasteiger partial charge is 0.162 e. The van der Waals surface area contributed by atoms with Crippen molar-refractivity contribution in [1.29, 1.82) is 0 Å². The zero-order valence-corrected chi connectivity index (χ0v) is 13.2. The molecule has 0 aliphatic carbocycles. The van der Waals surface area contributed by atoms with Crippen molar-refractivity contribution in [3.63, 3.8) is 0 Å². The van der Waals surface area contributed by atoms with Crippen LogP contribution in [0.4, 0.5) is 20.4 Å². The normalized spacial score (nSPS) is 11.0. The van der Waals surface area contributed by atoms with Crippen molar-refractivity contribution in [3.05, 3.63) is 65.9 Å². The van der Waals surface area contributed by atoms with Gasteiger partial charge in [-0.05, 0) is 31.2 Å². The van der Waals surface area contributed by atoms with E-state index in [2.05, 4.69) is 25.5 Å². The molecule has 0 radical (unpaired) electrons. The van der Waals surface area contributed by atoms with Gasteiger partial charge < -0.3 is 5.32 Å². The molecule has 2 aromatic carbocycles. The molecule has 7 heteroatoms. The molecule has 2 heterocycles. The van der Waals surface area contributed by atoms with E-state index in [-0.39, 0.29) is 11.2 Å². The molecule has 2 N–H and O–H groups in total. The van der Waals surface area contributed by atoms with Crippen molar-refractivity contribution in [3.8, 4) is 11.4 Å². The molecule has 2 aromatic heterocycles. The van der Waals surface area contributed by atoms with Crippen LogP contribution in [0.5, 0.6) is 0 Å². The zero-order valence-electron chi connectivity index (χ0n) is 13.2. The summed E-state index contributed by atoms with van der Waals surface area (Å²) in [6.07, 6.45) is 0. The number of H-pyrrole nitrogens is 1. The number of aromatic nitrogens is 4. The Morgan fingerprint density at radius 3 is 2.60 bits per heavy atom. The van der Waals surface area contributed by atoms with E-state index in [0.29, 0.717) is 22.7 Å². The maximum Gasteiger partial charge on any atom is 0.162 e. The fraction of sp³-hybridized carbons (Fsp3) is 0.0556. The lowest BCUT2D eigenvalue weighted by molar-refractivity contribution is 0.628. The molecule has 0 bridgehead atoms. The number of benzene rings is 2. The number of hydrogen-bond acceptors (Lipinski definition) is 4. The third-order valence-electron chi connectivity index (χ3n) is 3.71. The summed E-state index contributed by atoms with van der Waals surface area (Å²) in [4.78, 5) is 8.76. The summed E-state index contributed by atoms with van der Waals surface area (Å²) in [5, 5.41) is 10.2. The van der Waals surface area contributed by atoms with Crippen LogP contribution < -0.4 is 5.32 Å². The molecule has 0 saturated carbocycles. The molecule has 0 aliphatic rings. The highest BCUT2D eigenvalue weighted by atomic mass is 19.1. The Morgan fingerprint density at radius 1 is 1.00 bits per heavy atom. The number of anilines is 2. The van der Waals surface area contributed by atoms with Gasteiger partial charge in [0.25, 0.3) is 0 Å². The van der Waals surface area contributed by atoms with E-state index in [0.717, 1.165) is 5.69 Å². The van der Waals surface area contributed by atoms with Gasteiger partial charge >= 0.3 is 0 Å². The summed E-state index contributed by atoms with van der Waals surface area (Å²) in [5.74, 6) is 0.239. The lowest BCUT2D eigenvalue weighted by Gasteiger charge is -2.10.